The minimum absolute atomic E-state index is 0.0544. The number of likely N-dealkylation sites (tertiary alicyclic amines) is 1. The minimum Gasteiger partial charge on any atom is -0.306 e. The molecule has 1 aromatic heterocycles. The Bertz CT molecular complexity index is 762. The molecule has 0 bridgehead atoms. The van der Waals surface area contributed by atoms with Gasteiger partial charge in [-0.05, 0) is 55.6 Å². The third kappa shape index (κ3) is 1.97. The van der Waals surface area contributed by atoms with Crippen LogP contribution in [0.5, 0.6) is 0 Å². The van der Waals surface area contributed by atoms with E-state index < -0.39 is 0 Å². The van der Waals surface area contributed by atoms with Crippen molar-refractivity contribution in [2.75, 3.05) is 19.6 Å². The number of H-pyrrole nitrogens is 1. The number of fused-ring (bicyclic) bond motifs is 1. The molecule has 1 aromatic carbocycles. The number of para-hydroxylation sites is 2. The van der Waals surface area contributed by atoms with E-state index in [-0.39, 0.29) is 5.69 Å². The van der Waals surface area contributed by atoms with Gasteiger partial charge in [0, 0.05) is 25.7 Å². The van der Waals surface area contributed by atoms with Crippen molar-refractivity contribution in [1.82, 2.24) is 14.5 Å². The lowest BCUT2D eigenvalue weighted by Gasteiger charge is -2.32. The summed E-state index contributed by atoms with van der Waals surface area (Å²) in [5, 5.41) is 0. The van der Waals surface area contributed by atoms with E-state index in [1.165, 1.54) is 25.8 Å². The highest BCUT2D eigenvalue weighted by Crippen LogP contribution is 2.70. The molecule has 1 atom stereocenters. The fourth-order valence-electron chi connectivity index (χ4n) is 4.57. The number of nitrogens with zero attached hydrogens (tertiary/aromatic N) is 2. The number of benzene rings is 1. The van der Waals surface area contributed by atoms with Gasteiger partial charge < -0.3 is 9.88 Å². The van der Waals surface area contributed by atoms with Gasteiger partial charge in [-0.1, -0.05) is 12.1 Å². The van der Waals surface area contributed by atoms with Gasteiger partial charge in [0.15, 0.2) is 0 Å². The second-order valence-electron chi connectivity index (χ2n) is 7.61. The summed E-state index contributed by atoms with van der Waals surface area (Å²) in [5.74, 6) is 0.986. The standard InChI is InChI=1S/C18H23N3O/c22-17-19-15-3-1-2-4-16(15)21(17)14-5-9-20(10-6-14)12-13-11-18(13)7-8-18/h1-4,13-14H,5-12H2,(H,19,22). The summed E-state index contributed by atoms with van der Waals surface area (Å²) >= 11 is 0. The first-order valence-electron chi connectivity index (χ1n) is 8.67. The number of hydrogen-bond acceptors (Lipinski definition) is 2. The van der Waals surface area contributed by atoms with Crippen molar-refractivity contribution in [3.63, 3.8) is 0 Å². The molecule has 1 spiro atoms. The van der Waals surface area contributed by atoms with Crippen LogP contribution in [0.15, 0.2) is 29.1 Å². The Morgan fingerprint density at radius 3 is 2.68 bits per heavy atom. The Morgan fingerprint density at radius 2 is 1.95 bits per heavy atom. The summed E-state index contributed by atoms with van der Waals surface area (Å²) in [6, 6.07) is 8.40. The molecule has 0 amide bonds. The number of aromatic amines is 1. The van der Waals surface area contributed by atoms with Crippen molar-refractivity contribution in [2.24, 2.45) is 11.3 Å². The monoisotopic (exact) mass is 297 g/mol. The van der Waals surface area contributed by atoms with E-state index >= 15 is 0 Å². The third-order valence-corrected chi connectivity index (χ3v) is 6.28. The Balaban J connectivity index is 1.30. The van der Waals surface area contributed by atoms with Gasteiger partial charge >= 0.3 is 5.69 Å². The van der Waals surface area contributed by atoms with Crippen molar-refractivity contribution < 1.29 is 0 Å². The van der Waals surface area contributed by atoms with Gasteiger partial charge in [0.2, 0.25) is 0 Å². The molecule has 5 rings (SSSR count). The first-order chi connectivity index (χ1) is 10.8. The van der Waals surface area contributed by atoms with Gasteiger partial charge in [0.25, 0.3) is 0 Å². The van der Waals surface area contributed by atoms with E-state index in [4.69, 9.17) is 0 Å². The summed E-state index contributed by atoms with van der Waals surface area (Å²) in [6.45, 7) is 3.59. The Labute approximate surface area is 130 Å². The maximum Gasteiger partial charge on any atom is 0.326 e. The molecule has 22 heavy (non-hydrogen) atoms. The molecule has 3 fully saturated rings. The van der Waals surface area contributed by atoms with Crippen LogP contribution in [-0.4, -0.2) is 34.1 Å². The number of hydrogen-bond donors (Lipinski definition) is 1. The van der Waals surface area contributed by atoms with Gasteiger partial charge in [-0.25, -0.2) is 4.79 Å². The van der Waals surface area contributed by atoms with Gasteiger partial charge in [0.05, 0.1) is 11.0 Å². The van der Waals surface area contributed by atoms with Crippen LogP contribution in [0, 0.1) is 11.3 Å². The van der Waals surface area contributed by atoms with Crippen LogP contribution >= 0.6 is 0 Å². The second kappa shape index (κ2) is 4.48. The van der Waals surface area contributed by atoms with Gasteiger partial charge in [-0.3, -0.25) is 4.57 Å². The van der Waals surface area contributed by atoms with Crippen molar-refractivity contribution in [3.8, 4) is 0 Å². The Kier molecular flexibility index (Phi) is 2.63. The first-order valence-corrected chi connectivity index (χ1v) is 8.67. The molecule has 1 N–H and O–H groups in total. The van der Waals surface area contributed by atoms with Gasteiger partial charge in [-0.2, -0.15) is 0 Å². The van der Waals surface area contributed by atoms with Crippen LogP contribution in [0.25, 0.3) is 11.0 Å². The quantitative estimate of drug-likeness (QED) is 0.946. The molecule has 4 heteroatoms. The normalized spacial score (nSPS) is 27.5. The molecule has 2 aliphatic carbocycles. The zero-order chi connectivity index (χ0) is 14.7. The van der Waals surface area contributed by atoms with E-state index in [1.807, 2.05) is 22.8 Å². The van der Waals surface area contributed by atoms with Crippen LogP contribution in [0.1, 0.15) is 38.1 Å². The van der Waals surface area contributed by atoms with Crippen LogP contribution < -0.4 is 5.69 Å². The first kappa shape index (κ1) is 12.9. The fraction of sp³-hybridized carbons (Fsp3) is 0.611. The zero-order valence-electron chi connectivity index (χ0n) is 12.9. The van der Waals surface area contributed by atoms with Crippen molar-refractivity contribution in [1.29, 1.82) is 0 Å². The van der Waals surface area contributed by atoms with Crippen molar-refractivity contribution in [3.05, 3.63) is 34.7 Å². The highest BCUT2D eigenvalue weighted by molar-refractivity contribution is 5.75. The van der Waals surface area contributed by atoms with Gasteiger partial charge in [-0.15, -0.1) is 0 Å². The lowest BCUT2D eigenvalue weighted by atomic mass is 10.0. The van der Waals surface area contributed by atoms with E-state index in [0.29, 0.717) is 6.04 Å². The minimum atomic E-state index is 0.0544. The van der Waals surface area contributed by atoms with Crippen LogP contribution in [0.3, 0.4) is 0 Å². The predicted octanol–water partition coefficient (Wildman–Crippen LogP) is 2.77. The third-order valence-electron chi connectivity index (χ3n) is 6.28. The smallest absolute Gasteiger partial charge is 0.306 e. The Morgan fingerprint density at radius 1 is 1.18 bits per heavy atom. The van der Waals surface area contributed by atoms with E-state index in [2.05, 4.69) is 16.0 Å². The van der Waals surface area contributed by atoms with Gasteiger partial charge in [0.1, 0.15) is 0 Å². The molecule has 2 saturated carbocycles. The topological polar surface area (TPSA) is 41.0 Å². The summed E-state index contributed by atoms with van der Waals surface area (Å²) in [4.78, 5) is 17.9. The van der Waals surface area contributed by atoms with Crippen LogP contribution in [-0.2, 0) is 0 Å². The largest absolute Gasteiger partial charge is 0.326 e. The molecule has 4 nitrogen and oxygen atoms in total. The maximum absolute atomic E-state index is 12.3. The molecule has 3 aliphatic rings. The molecule has 2 heterocycles. The van der Waals surface area contributed by atoms with E-state index in [1.54, 1.807) is 0 Å². The fourth-order valence-corrected chi connectivity index (χ4v) is 4.57. The molecular formula is C18H23N3O. The molecule has 116 valence electrons. The van der Waals surface area contributed by atoms with E-state index in [0.717, 1.165) is 48.3 Å². The summed E-state index contributed by atoms with van der Waals surface area (Å²) in [7, 11) is 0. The van der Waals surface area contributed by atoms with Crippen molar-refractivity contribution in [2.45, 2.75) is 38.1 Å². The summed E-state index contributed by atoms with van der Waals surface area (Å²) in [6.07, 6.45) is 6.65. The lowest BCUT2D eigenvalue weighted by Crippen LogP contribution is -2.38. The SMILES string of the molecule is O=c1[nH]c2ccccc2n1C1CCN(CC2CC23CC3)CC1. The summed E-state index contributed by atoms with van der Waals surface area (Å²) in [5.41, 5.74) is 2.89. The number of piperidine rings is 1. The highest BCUT2D eigenvalue weighted by atomic mass is 16.1. The molecule has 2 aromatic rings. The second-order valence-corrected chi connectivity index (χ2v) is 7.61. The maximum atomic E-state index is 12.3. The zero-order valence-corrected chi connectivity index (χ0v) is 12.9. The van der Waals surface area contributed by atoms with Crippen molar-refractivity contribution >= 4 is 11.0 Å². The molecule has 0 radical (unpaired) electrons. The molecule has 1 unspecified atom stereocenters. The molecule has 1 aliphatic heterocycles. The average Bonchev–Trinajstić information content (AvgIpc) is 3.41. The van der Waals surface area contributed by atoms with Crippen LogP contribution in [0.4, 0.5) is 0 Å². The van der Waals surface area contributed by atoms with E-state index in [9.17, 15) is 4.79 Å². The average molecular weight is 297 g/mol. The number of aromatic nitrogens is 2. The van der Waals surface area contributed by atoms with Crippen LogP contribution in [0.2, 0.25) is 0 Å². The number of rotatable bonds is 3. The number of imidazole rings is 1. The Hall–Kier alpha value is -1.55. The highest BCUT2D eigenvalue weighted by Gasteiger charge is 2.62. The molecule has 1 saturated heterocycles. The number of nitrogens with one attached hydrogen (secondary N) is 1. The molecular weight excluding hydrogens is 274 g/mol. The predicted molar refractivity (Wildman–Crippen MR) is 87.0 cm³/mol. The lowest BCUT2D eigenvalue weighted by molar-refractivity contribution is 0.177. The summed E-state index contributed by atoms with van der Waals surface area (Å²) < 4.78 is 1.99.